The minimum Gasteiger partial charge on any atom is -0.480 e. The molecule has 0 spiro atoms. The molecule has 0 saturated carbocycles. The maximum atomic E-state index is 12.9. The van der Waals surface area contributed by atoms with Crippen LogP contribution in [0.2, 0.25) is 0 Å². The molecule has 2 heterocycles. The molecule has 1 aliphatic heterocycles. The Labute approximate surface area is 147 Å². The summed E-state index contributed by atoms with van der Waals surface area (Å²) in [4.78, 5) is 32.6. The Hall–Kier alpha value is -2.89. The van der Waals surface area contributed by atoms with E-state index in [1.165, 1.54) is 7.11 Å². The van der Waals surface area contributed by atoms with Crippen molar-refractivity contribution in [3.05, 3.63) is 59.8 Å². The molecule has 130 valence electrons. The van der Waals surface area contributed by atoms with E-state index < -0.39 is 0 Å². The minimum atomic E-state index is -0.154. The first-order valence-electron chi connectivity index (χ1n) is 8.22. The van der Waals surface area contributed by atoms with Crippen molar-refractivity contribution in [1.82, 2.24) is 14.8 Å². The van der Waals surface area contributed by atoms with Gasteiger partial charge in [0.2, 0.25) is 11.8 Å². The van der Waals surface area contributed by atoms with E-state index in [2.05, 4.69) is 4.98 Å². The Kier molecular flexibility index (Phi) is 4.97. The van der Waals surface area contributed by atoms with Gasteiger partial charge in [-0.3, -0.25) is 9.59 Å². The lowest BCUT2D eigenvalue weighted by Crippen LogP contribution is -2.51. The zero-order valence-corrected chi connectivity index (χ0v) is 14.4. The number of piperazine rings is 1. The molecular formula is C19H21N3O3. The van der Waals surface area contributed by atoms with Crippen LogP contribution in [0.25, 0.3) is 0 Å². The highest BCUT2D eigenvalue weighted by Crippen LogP contribution is 2.27. The van der Waals surface area contributed by atoms with Crippen LogP contribution < -0.4 is 4.74 Å². The Morgan fingerprint density at radius 3 is 2.56 bits per heavy atom. The van der Waals surface area contributed by atoms with E-state index in [1.807, 2.05) is 35.2 Å². The van der Waals surface area contributed by atoms with Crippen LogP contribution in [-0.4, -0.2) is 53.3 Å². The molecule has 1 atom stereocenters. The number of rotatable bonds is 3. The normalized spacial score (nSPS) is 17.3. The molecule has 0 radical (unpaired) electrons. The van der Waals surface area contributed by atoms with Crippen LogP contribution in [-0.2, 0) is 4.79 Å². The molecule has 1 saturated heterocycles. The Balaban J connectivity index is 1.87. The van der Waals surface area contributed by atoms with Crippen molar-refractivity contribution in [2.45, 2.75) is 13.0 Å². The zero-order chi connectivity index (χ0) is 17.8. The Bertz CT molecular complexity index is 764. The number of aromatic nitrogens is 1. The van der Waals surface area contributed by atoms with Gasteiger partial charge in [-0.2, -0.15) is 0 Å². The number of ether oxygens (including phenoxy) is 1. The number of amides is 2. The number of pyridine rings is 1. The fourth-order valence-corrected chi connectivity index (χ4v) is 3.19. The van der Waals surface area contributed by atoms with Gasteiger partial charge in [-0.25, -0.2) is 4.98 Å². The number of hydrogen-bond donors (Lipinski definition) is 0. The maximum Gasteiger partial charge on any atom is 0.259 e. The molecule has 2 aromatic rings. The summed E-state index contributed by atoms with van der Waals surface area (Å²) in [7, 11) is 1.50. The molecule has 2 amide bonds. The second kappa shape index (κ2) is 7.34. The van der Waals surface area contributed by atoms with Gasteiger partial charge in [0, 0.05) is 32.8 Å². The number of nitrogens with zero attached hydrogens (tertiary/aromatic N) is 3. The largest absolute Gasteiger partial charge is 0.480 e. The molecule has 1 fully saturated rings. The molecule has 1 aromatic heterocycles. The zero-order valence-electron chi connectivity index (χ0n) is 14.4. The second-order valence-electron chi connectivity index (χ2n) is 5.95. The average molecular weight is 339 g/mol. The van der Waals surface area contributed by atoms with Gasteiger partial charge in [-0.15, -0.1) is 0 Å². The number of hydrogen-bond acceptors (Lipinski definition) is 4. The van der Waals surface area contributed by atoms with Crippen LogP contribution in [0.5, 0.6) is 5.88 Å². The van der Waals surface area contributed by atoms with Gasteiger partial charge in [0.25, 0.3) is 5.91 Å². The second-order valence-corrected chi connectivity index (χ2v) is 5.95. The predicted octanol–water partition coefficient (Wildman–Crippen LogP) is 2.14. The topological polar surface area (TPSA) is 62.7 Å². The molecule has 3 rings (SSSR count). The monoisotopic (exact) mass is 339 g/mol. The lowest BCUT2D eigenvalue weighted by atomic mass is 10.0. The highest BCUT2D eigenvalue weighted by atomic mass is 16.5. The van der Waals surface area contributed by atoms with E-state index in [0.717, 1.165) is 5.56 Å². The number of carbonyl (C=O) groups is 2. The van der Waals surface area contributed by atoms with Gasteiger partial charge >= 0.3 is 0 Å². The van der Waals surface area contributed by atoms with Crippen molar-refractivity contribution >= 4 is 11.8 Å². The van der Waals surface area contributed by atoms with Gasteiger partial charge in [-0.05, 0) is 17.7 Å². The summed E-state index contributed by atoms with van der Waals surface area (Å²) in [6, 6.07) is 13.1. The Morgan fingerprint density at radius 2 is 1.88 bits per heavy atom. The number of carbonyl (C=O) groups excluding carboxylic acids is 2. The maximum absolute atomic E-state index is 12.9. The molecule has 0 N–H and O–H groups in total. The predicted molar refractivity (Wildman–Crippen MR) is 93.3 cm³/mol. The SMILES string of the molecule is COc1ncccc1C(=O)N1CCN(C(C)=O)[C@@H](c2ccccc2)C1. The first-order chi connectivity index (χ1) is 12.1. The molecule has 1 aliphatic rings. The number of methoxy groups -OCH3 is 1. The summed E-state index contributed by atoms with van der Waals surface area (Å²) in [5.74, 6) is 0.201. The summed E-state index contributed by atoms with van der Waals surface area (Å²) in [5.41, 5.74) is 1.46. The van der Waals surface area contributed by atoms with Gasteiger partial charge in [0.05, 0.1) is 13.2 Å². The first kappa shape index (κ1) is 17.0. The lowest BCUT2D eigenvalue weighted by molar-refractivity contribution is -0.133. The van der Waals surface area contributed by atoms with Crippen LogP contribution in [0.15, 0.2) is 48.7 Å². The number of benzene rings is 1. The van der Waals surface area contributed by atoms with Crippen LogP contribution in [0, 0.1) is 0 Å². The van der Waals surface area contributed by atoms with Gasteiger partial charge in [-0.1, -0.05) is 30.3 Å². The quantitative estimate of drug-likeness (QED) is 0.859. The summed E-state index contributed by atoms with van der Waals surface area (Å²) >= 11 is 0. The molecule has 0 bridgehead atoms. The fourth-order valence-electron chi connectivity index (χ4n) is 3.19. The molecule has 1 aromatic carbocycles. The van der Waals surface area contributed by atoms with Crippen LogP contribution in [0.4, 0.5) is 0 Å². The van der Waals surface area contributed by atoms with Crippen molar-refractivity contribution in [3.63, 3.8) is 0 Å². The Morgan fingerprint density at radius 1 is 1.12 bits per heavy atom. The lowest BCUT2D eigenvalue weighted by Gasteiger charge is -2.41. The molecule has 25 heavy (non-hydrogen) atoms. The molecule has 6 nitrogen and oxygen atoms in total. The van der Waals surface area contributed by atoms with E-state index in [1.54, 1.807) is 30.2 Å². The van der Waals surface area contributed by atoms with Crippen molar-refractivity contribution in [2.24, 2.45) is 0 Å². The van der Waals surface area contributed by atoms with Gasteiger partial charge in [0.15, 0.2) is 0 Å². The first-order valence-corrected chi connectivity index (χ1v) is 8.22. The third-order valence-electron chi connectivity index (χ3n) is 4.45. The van der Waals surface area contributed by atoms with Crippen molar-refractivity contribution in [3.8, 4) is 5.88 Å². The summed E-state index contributed by atoms with van der Waals surface area (Å²) in [5, 5.41) is 0. The van der Waals surface area contributed by atoms with E-state index in [0.29, 0.717) is 31.1 Å². The van der Waals surface area contributed by atoms with Crippen molar-refractivity contribution in [1.29, 1.82) is 0 Å². The summed E-state index contributed by atoms with van der Waals surface area (Å²) in [6.07, 6.45) is 1.59. The highest BCUT2D eigenvalue weighted by Gasteiger charge is 2.33. The minimum absolute atomic E-state index is 0.0138. The van der Waals surface area contributed by atoms with Gasteiger partial charge in [0.1, 0.15) is 5.56 Å². The standard InChI is InChI=1S/C19H21N3O3/c1-14(23)22-12-11-21(13-17(22)15-7-4-3-5-8-15)19(24)16-9-6-10-20-18(16)25-2/h3-10,17H,11-13H2,1-2H3/t17-/m1/s1. The molecule has 6 heteroatoms. The van der Waals surface area contributed by atoms with Gasteiger partial charge < -0.3 is 14.5 Å². The fraction of sp³-hybridized carbons (Fsp3) is 0.316. The van der Waals surface area contributed by atoms with Crippen LogP contribution in [0.3, 0.4) is 0 Å². The van der Waals surface area contributed by atoms with E-state index >= 15 is 0 Å². The third-order valence-corrected chi connectivity index (χ3v) is 4.45. The smallest absolute Gasteiger partial charge is 0.259 e. The summed E-state index contributed by atoms with van der Waals surface area (Å²) < 4.78 is 5.20. The molecular weight excluding hydrogens is 318 g/mol. The third kappa shape index (κ3) is 3.47. The molecule has 0 aliphatic carbocycles. The highest BCUT2D eigenvalue weighted by molar-refractivity contribution is 5.96. The average Bonchev–Trinajstić information content (AvgIpc) is 2.67. The van der Waals surface area contributed by atoms with Crippen molar-refractivity contribution < 1.29 is 14.3 Å². The van der Waals surface area contributed by atoms with Crippen molar-refractivity contribution in [2.75, 3.05) is 26.7 Å². The molecule has 0 unspecified atom stereocenters. The van der Waals surface area contributed by atoms with Crippen LogP contribution in [0.1, 0.15) is 28.9 Å². The summed E-state index contributed by atoms with van der Waals surface area (Å²) in [6.45, 7) is 3.00. The van der Waals surface area contributed by atoms with E-state index in [-0.39, 0.29) is 17.9 Å². The van der Waals surface area contributed by atoms with E-state index in [4.69, 9.17) is 4.74 Å². The van der Waals surface area contributed by atoms with E-state index in [9.17, 15) is 9.59 Å². The van der Waals surface area contributed by atoms with Crippen LogP contribution >= 0.6 is 0 Å².